The van der Waals surface area contributed by atoms with Gasteiger partial charge in [-0.25, -0.2) is 0 Å². The van der Waals surface area contributed by atoms with Gasteiger partial charge in [0, 0.05) is 12.5 Å². The van der Waals surface area contributed by atoms with Crippen LogP contribution < -0.4 is 5.32 Å². The molecule has 0 aliphatic heterocycles. The lowest BCUT2D eigenvalue weighted by Crippen LogP contribution is -2.25. The fraction of sp³-hybridized carbons (Fsp3) is 0.917. The second kappa shape index (κ2) is 3.56. The van der Waals surface area contributed by atoms with E-state index in [9.17, 15) is 4.79 Å². The van der Waals surface area contributed by atoms with Crippen LogP contribution in [0, 0.1) is 29.6 Å². The van der Waals surface area contributed by atoms with Gasteiger partial charge in [0.15, 0.2) is 0 Å². The number of amides is 1. The van der Waals surface area contributed by atoms with Crippen LogP contribution >= 0.6 is 0 Å². The van der Waals surface area contributed by atoms with Crippen LogP contribution in [0.5, 0.6) is 0 Å². The molecule has 5 atom stereocenters. The van der Waals surface area contributed by atoms with Crippen LogP contribution in [0.15, 0.2) is 0 Å². The minimum atomic E-state index is 0.309. The van der Waals surface area contributed by atoms with Crippen molar-refractivity contribution in [3.05, 3.63) is 0 Å². The Hall–Kier alpha value is -0.530. The van der Waals surface area contributed by atoms with Crippen molar-refractivity contribution in [2.24, 2.45) is 29.6 Å². The first-order chi connectivity index (χ1) is 6.65. The first-order valence-electron chi connectivity index (χ1n) is 5.92. The molecule has 2 aliphatic carbocycles. The van der Waals surface area contributed by atoms with Gasteiger partial charge in [0.2, 0.25) is 5.91 Å². The van der Waals surface area contributed by atoms with Crippen LogP contribution in [-0.2, 0) is 4.79 Å². The number of carbonyl (C=O) groups excluding carboxylic acids is 1. The first kappa shape index (κ1) is 10.0. The Bertz CT molecular complexity index is 238. The molecule has 1 amide bonds. The minimum absolute atomic E-state index is 0.309. The van der Waals surface area contributed by atoms with Gasteiger partial charge in [0.25, 0.3) is 0 Å². The average Bonchev–Trinajstić information content (AvgIpc) is 2.78. The molecule has 0 aromatic rings. The highest BCUT2D eigenvalue weighted by Gasteiger charge is 2.58. The molecule has 5 unspecified atom stereocenters. The zero-order chi connectivity index (χ0) is 10.3. The summed E-state index contributed by atoms with van der Waals surface area (Å²) in [7, 11) is 0. The van der Waals surface area contributed by atoms with E-state index in [0.717, 1.165) is 18.4 Å². The van der Waals surface area contributed by atoms with Crippen LogP contribution in [0.4, 0.5) is 0 Å². The number of carbonyl (C=O) groups is 1. The summed E-state index contributed by atoms with van der Waals surface area (Å²) in [4.78, 5) is 11.7. The zero-order valence-corrected chi connectivity index (χ0v) is 9.42. The molecule has 1 N–H and O–H groups in total. The van der Waals surface area contributed by atoms with Crippen molar-refractivity contribution >= 4 is 5.91 Å². The van der Waals surface area contributed by atoms with Crippen molar-refractivity contribution in [3.63, 3.8) is 0 Å². The molecule has 2 aliphatic rings. The second-order valence-electron chi connectivity index (χ2n) is 5.22. The molecule has 2 heteroatoms. The SMILES string of the molecule is CCNC(=O)C1C2CC(C)CC(C)C21. The van der Waals surface area contributed by atoms with Crippen molar-refractivity contribution in [2.75, 3.05) is 6.54 Å². The molecule has 2 rings (SSSR count). The summed E-state index contributed by atoms with van der Waals surface area (Å²) in [5, 5.41) is 2.96. The van der Waals surface area contributed by atoms with E-state index in [0.29, 0.717) is 23.7 Å². The number of fused-ring (bicyclic) bond motifs is 1. The van der Waals surface area contributed by atoms with Crippen molar-refractivity contribution in [1.29, 1.82) is 0 Å². The van der Waals surface area contributed by atoms with Crippen LogP contribution in [0.2, 0.25) is 0 Å². The second-order valence-corrected chi connectivity index (χ2v) is 5.22. The molecule has 0 saturated heterocycles. The maximum Gasteiger partial charge on any atom is 0.223 e. The van der Waals surface area contributed by atoms with Gasteiger partial charge in [-0.05, 0) is 43.4 Å². The Morgan fingerprint density at radius 2 is 2.07 bits per heavy atom. The predicted molar refractivity (Wildman–Crippen MR) is 56.7 cm³/mol. The molecule has 80 valence electrons. The van der Waals surface area contributed by atoms with Crippen molar-refractivity contribution < 1.29 is 4.79 Å². The molecule has 0 spiro atoms. The number of hydrogen-bond acceptors (Lipinski definition) is 1. The van der Waals surface area contributed by atoms with Crippen LogP contribution in [-0.4, -0.2) is 12.5 Å². The van der Waals surface area contributed by atoms with E-state index in [1.54, 1.807) is 0 Å². The Kier molecular flexibility index (Phi) is 2.54. The molecule has 0 heterocycles. The molecular weight excluding hydrogens is 174 g/mol. The Morgan fingerprint density at radius 3 is 2.71 bits per heavy atom. The summed E-state index contributed by atoms with van der Waals surface area (Å²) in [5.41, 5.74) is 0. The summed E-state index contributed by atoms with van der Waals surface area (Å²) in [6.45, 7) is 7.40. The highest BCUT2D eigenvalue weighted by Crippen LogP contribution is 2.59. The Labute approximate surface area is 86.5 Å². The van der Waals surface area contributed by atoms with Gasteiger partial charge in [-0.15, -0.1) is 0 Å². The van der Waals surface area contributed by atoms with E-state index in [2.05, 4.69) is 19.2 Å². The van der Waals surface area contributed by atoms with Gasteiger partial charge in [0.1, 0.15) is 0 Å². The molecule has 0 aromatic heterocycles. The van der Waals surface area contributed by atoms with Gasteiger partial charge in [-0.1, -0.05) is 13.8 Å². The summed E-state index contributed by atoms with van der Waals surface area (Å²) in [6, 6.07) is 0. The van der Waals surface area contributed by atoms with Crippen LogP contribution in [0.25, 0.3) is 0 Å². The van der Waals surface area contributed by atoms with Gasteiger partial charge < -0.3 is 5.32 Å². The summed E-state index contributed by atoms with van der Waals surface area (Å²) < 4.78 is 0. The lowest BCUT2D eigenvalue weighted by molar-refractivity contribution is -0.122. The maximum absolute atomic E-state index is 11.7. The lowest BCUT2D eigenvalue weighted by Gasteiger charge is -2.22. The smallest absolute Gasteiger partial charge is 0.223 e. The molecule has 0 bridgehead atoms. The fourth-order valence-corrected chi connectivity index (χ4v) is 3.49. The topological polar surface area (TPSA) is 29.1 Å². The Balaban J connectivity index is 1.96. The van der Waals surface area contributed by atoms with Gasteiger partial charge in [0.05, 0.1) is 0 Å². The molecule has 2 fully saturated rings. The standard InChI is InChI=1S/C12H21NO/c1-4-13-12(14)11-9-6-7(2)5-8(3)10(9)11/h7-11H,4-6H2,1-3H3,(H,13,14). The monoisotopic (exact) mass is 195 g/mol. The van der Waals surface area contributed by atoms with Crippen LogP contribution in [0.1, 0.15) is 33.6 Å². The van der Waals surface area contributed by atoms with Crippen LogP contribution in [0.3, 0.4) is 0 Å². The van der Waals surface area contributed by atoms with E-state index < -0.39 is 0 Å². The molecule has 0 radical (unpaired) electrons. The summed E-state index contributed by atoms with van der Waals surface area (Å²) in [6.07, 6.45) is 2.59. The van der Waals surface area contributed by atoms with E-state index in [-0.39, 0.29) is 0 Å². The van der Waals surface area contributed by atoms with Gasteiger partial charge in [-0.2, -0.15) is 0 Å². The molecule has 2 saturated carbocycles. The van der Waals surface area contributed by atoms with E-state index in [1.165, 1.54) is 12.8 Å². The van der Waals surface area contributed by atoms with E-state index in [4.69, 9.17) is 0 Å². The maximum atomic E-state index is 11.7. The number of rotatable bonds is 2. The van der Waals surface area contributed by atoms with Crippen molar-refractivity contribution in [3.8, 4) is 0 Å². The minimum Gasteiger partial charge on any atom is -0.356 e. The van der Waals surface area contributed by atoms with Crippen molar-refractivity contribution in [2.45, 2.75) is 33.6 Å². The average molecular weight is 195 g/mol. The summed E-state index contributed by atoms with van der Waals surface area (Å²) >= 11 is 0. The largest absolute Gasteiger partial charge is 0.356 e. The molecule has 2 nitrogen and oxygen atoms in total. The van der Waals surface area contributed by atoms with Crippen molar-refractivity contribution in [1.82, 2.24) is 5.32 Å². The third-order valence-electron chi connectivity index (χ3n) is 3.99. The van der Waals surface area contributed by atoms with E-state index in [1.807, 2.05) is 6.92 Å². The lowest BCUT2D eigenvalue weighted by atomic mass is 9.84. The predicted octanol–water partition coefficient (Wildman–Crippen LogP) is 2.05. The molecule has 0 aromatic carbocycles. The normalized spacial score (nSPS) is 45.5. The number of nitrogens with one attached hydrogen (secondary N) is 1. The van der Waals surface area contributed by atoms with E-state index >= 15 is 0 Å². The summed E-state index contributed by atoms with van der Waals surface area (Å²) in [5.74, 6) is 3.67. The molecule has 14 heavy (non-hydrogen) atoms. The molecular formula is C12H21NO. The third kappa shape index (κ3) is 1.55. The van der Waals surface area contributed by atoms with Gasteiger partial charge >= 0.3 is 0 Å². The fourth-order valence-electron chi connectivity index (χ4n) is 3.49. The first-order valence-corrected chi connectivity index (χ1v) is 5.92. The quantitative estimate of drug-likeness (QED) is 0.718. The number of hydrogen-bond donors (Lipinski definition) is 1. The van der Waals surface area contributed by atoms with Gasteiger partial charge in [-0.3, -0.25) is 4.79 Å². The third-order valence-corrected chi connectivity index (χ3v) is 3.99. The highest BCUT2D eigenvalue weighted by molar-refractivity contribution is 5.82. The zero-order valence-electron chi connectivity index (χ0n) is 9.42. The highest BCUT2D eigenvalue weighted by atomic mass is 16.2. The Morgan fingerprint density at radius 1 is 1.36 bits per heavy atom.